The van der Waals surface area contributed by atoms with Crippen molar-refractivity contribution >= 4 is 17.9 Å². The van der Waals surface area contributed by atoms with Gasteiger partial charge in [-0.25, -0.2) is 4.79 Å². The number of hydrogen-bond donors (Lipinski definition) is 1. The number of amides is 3. The van der Waals surface area contributed by atoms with Crippen LogP contribution in [0.2, 0.25) is 0 Å². The summed E-state index contributed by atoms with van der Waals surface area (Å²) in [5.41, 5.74) is 4.76. The zero-order valence-corrected chi connectivity index (χ0v) is 18.9. The molecule has 8 heteroatoms. The monoisotopic (exact) mass is 464 g/mol. The Morgan fingerprint density at radius 2 is 1.41 bits per heavy atom. The maximum atomic E-state index is 12.1. The average Bonchev–Trinajstić information content (AvgIpc) is 3.35. The number of carbonyl (C=O) groups is 3. The molecule has 1 aliphatic carbocycles. The Hall–Kier alpha value is -3.49. The molecule has 0 saturated carbocycles. The second kappa shape index (κ2) is 11.6. The minimum atomic E-state index is -0.439. The van der Waals surface area contributed by atoms with Gasteiger partial charge in [0.2, 0.25) is 0 Å². The van der Waals surface area contributed by atoms with Crippen LogP contribution in [0.4, 0.5) is 4.79 Å². The van der Waals surface area contributed by atoms with Crippen LogP contribution in [0.15, 0.2) is 60.7 Å². The summed E-state index contributed by atoms with van der Waals surface area (Å²) in [5.74, 6) is -0.582. The van der Waals surface area contributed by atoms with Gasteiger partial charge in [-0.05, 0) is 28.7 Å². The van der Waals surface area contributed by atoms with E-state index in [4.69, 9.17) is 14.2 Å². The standard InChI is InChI=1S/C26H28N2O6/c29-24-10-11-25(30)28(24)13-15-33-17-16-32-14-5-12-27-26(31)34-18-23-21-8-3-1-6-19(21)20-7-2-4-9-22(20)23/h1-4,6-11,23H,5,12-18H2,(H,27,31). The van der Waals surface area contributed by atoms with E-state index >= 15 is 0 Å². The molecule has 2 aliphatic rings. The lowest BCUT2D eigenvalue weighted by Gasteiger charge is -2.14. The van der Waals surface area contributed by atoms with Crippen molar-refractivity contribution < 1.29 is 28.6 Å². The molecular weight excluding hydrogens is 436 g/mol. The fourth-order valence-electron chi connectivity index (χ4n) is 4.14. The van der Waals surface area contributed by atoms with Crippen molar-refractivity contribution in [1.82, 2.24) is 10.2 Å². The Morgan fingerprint density at radius 3 is 2.06 bits per heavy atom. The van der Waals surface area contributed by atoms with Crippen LogP contribution in [-0.4, -0.2) is 68.9 Å². The summed E-state index contributed by atoms with van der Waals surface area (Å²) >= 11 is 0. The summed E-state index contributed by atoms with van der Waals surface area (Å²) in [7, 11) is 0. The zero-order valence-electron chi connectivity index (χ0n) is 18.9. The van der Waals surface area contributed by atoms with Gasteiger partial charge in [0.15, 0.2) is 0 Å². The lowest BCUT2D eigenvalue weighted by atomic mass is 9.98. The van der Waals surface area contributed by atoms with Crippen LogP contribution < -0.4 is 5.32 Å². The van der Waals surface area contributed by atoms with E-state index in [1.807, 2.05) is 24.3 Å². The van der Waals surface area contributed by atoms with Crippen molar-refractivity contribution in [2.45, 2.75) is 12.3 Å². The Kier molecular flexibility index (Phi) is 8.06. The molecule has 3 amide bonds. The highest BCUT2D eigenvalue weighted by atomic mass is 16.5. The molecule has 0 saturated heterocycles. The number of hydrogen-bond acceptors (Lipinski definition) is 6. The molecule has 2 aromatic rings. The lowest BCUT2D eigenvalue weighted by molar-refractivity contribution is -0.137. The first-order chi connectivity index (χ1) is 16.6. The maximum absolute atomic E-state index is 12.1. The van der Waals surface area contributed by atoms with Gasteiger partial charge in [-0.3, -0.25) is 14.5 Å². The topological polar surface area (TPSA) is 94.2 Å². The second-order valence-corrected chi connectivity index (χ2v) is 7.99. The molecule has 34 heavy (non-hydrogen) atoms. The number of carbonyl (C=O) groups excluding carboxylic acids is 3. The fraction of sp³-hybridized carbons (Fsp3) is 0.346. The molecule has 0 spiro atoms. The number of nitrogens with zero attached hydrogens (tertiary/aromatic N) is 1. The number of fused-ring (bicyclic) bond motifs is 3. The van der Waals surface area contributed by atoms with Gasteiger partial charge in [0, 0.05) is 31.2 Å². The molecular formula is C26H28N2O6. The highest BCUT2D eigenvalue weighted by Crippen LogP contribution is 2.44. The summed E-state index contributed by atoms with van der Waals surface area (Å²) in [4.78, 5) is 36.1. The van der Waals surface area contributed by atoms with Gasteiger partial charge < -0.3 is 19.5 Å². The van der Waals surface area contributed by atoms with Crippen LogP contribution in [0.1, 0.15) is 23.5 Å². The Morgan fingerprint density at radius 1 is 0.824 bits per heavy atom. The first-order valence-corrected chi connectivity index (χ1v) is 11.4. The van der Waals surface area contributed by atoms with Crippen LogP contribution >= 0.6 is 0 Å². The molecule has 0 unspecified atom stereocenters. The van der Waals surface area contributed by atoms with Gasteiger partial charge in [0.25, 0.3) is 11.8 Å². The van der Waals surface area contributed by atoms with Crippen molar-refractivity contribution in [2.75, 3.05) is 46.1 Å². The van der Waals surface area contributed by atoms with Gasteiger partial charge in [0.1, 0.15) is 6.61 Å². The summed E-state index contributed by atoms with van der Waals surface area (Å²) < 4.78 is 16.4. The molecule has 2 aromatic carbocycles. The van der Waals surface area contributed by atoms with Gasteiger partial charge in [-0.1, -0.05) is 48.5 Å². The molecule has 178 valence electrons. The van der Waals surface area contributed by atoms with E-state index in [2.05, 4.69) is 29.6 Å². The van der Waals surface area contributed by atoms with E-state index in [0.717, 1.165) is 4.90 Å². The average molecular weight is 465 g/mol. The number of ether oxygens (including phenoxy) is 3. The number of benzene rings is 2. The Bertz CT molecular complexity index is 1000. The van der Waals surface area contributed by atoms with Crippen LogP contribution in [0.5, 0.6) is 0 Å². The third-order valence-corrected chi connectivity index (χ3v) is 5.81. The van der Waals surface area contributed by atoms with E-state index in [0.29, 0.717) is 39.4 Å². The van der Waals surface area contributed by atoms with Gasteiger partial charge in [-0.2, -0.15) is 0 Å². The molecule has 0 radical (unpaired) electrons. The second-order valence-electron chi connectivity index (χ2n) is 7.99. The first-order valence-electron chi connectivity index (χ1n) is 11.4. The molecule has 1 heterocycles. The molecule has 0 atom stereocenters. The predicted molar refractivity (Wildman–Crippen MR) is 125 cm³/mol. The number of rotatable bonds is 12. The molecule has 1 N–H and O–H groups in total. The predicted octanol–water partition coefficient (Wildman–Crippen LogP) is 2.87. The highest BCUT2D eigenvalue weighted by molar-refractivity contribution is 6.12. The van der Waals surface area contributed by atoms with Crippen molar-refractivity contribution in [3.8, 4) is 11.1 Å². The van der Waals surface area contributed by atoms with Crippen molar-refractivity contribution in [2.24, 2.45) is 0 Å². The normalized spacial score (nSPS) is 14.4. The fourth-order valence-corrected chi connectivity index (χ4v) is 4.14. The Balaban J connectivity index is 1.05. The molecule has 0 aromatic heterocycles. The van der Waals surface area contributed by atoms with E-state index < -0.39 is 6.09 Å². The van der Waals surface area contributed by atoms with Crippen LogP contribution in [-0.2, 0) is 23.8 Å². The molecule has 0 bridgehead atoms. The van der Waals surface area contributed by atoms with Gasteiger partial charge >= 0.3 is 6.09 Å². The molecule has 4 rings (SSSR count). The van der Waals surface area contributed by atoms with E-state index in [1.165, 1.54) is 34.4 Å². The largest absolute Gasteiger partial charge is 0.449 e. The summed E-state index contributed by atoms with van der Waals surface area (Å²) in [6.45, 7) is 2.47. The summed E-state index contributed by atoms with van der Waals surface area (Å²) in [5, 5.41) is 2.76. The zero-order chi connectivity index (χ0) is 23.8. The van der Waals surface area contributed by atoms with Crippen molar-refractivity contribution in [3.05, 3.63) is 71.8 Å². The van der Waals surface area contributed by atoms with Gasteiger partial charge in [0.05, 0.1) is 26.4 Å². The summed E-state index contributed by atoms with van der Waals surface area (Å²) in [6, 6.07) is 16.5. The number of alkyl carbamates (subject to hydrolysis) is 1. The van der Waals surface area contributed by atoms with Crippen LogP contribution in [0.3, 0.4) is 0 Å². The maximum Gasteiger partial charge on any atom is 0.407 e. The molecule has 1 aliphatic heterocycles. The van der Waals surface area contributed by atoms with Gasteiger partial charge in [-0.15, -0.1) is 0 Å². The van der Waals surface area contributed by atoms with Crippen molar-refractivity contribution in [1.29, 1.82) is 0 Å². The molecule has 0 fully saturated rings. The third-order valence-electron chi connectivity index (χ3n) is 5.81. The third kappa shape index (κ3) is 5.70. The summed E-state index contributed by atoms with van der Waals surface area (Å²) in [6.07, 6.45) is 2.71. The van der Waals surface area contributed by atoms with E-state index in [-0.39, 0.29) is 30.9 Å². The SMILES string of the molecule is O=C(NCCCOCCOCCN1C(=O)C=CC1=O)OCC1c2ccccc2-c2ccccc21. The highest BCUT2D eigenvalue weighted by Gasteiger charge is 2.29. The minimum Gasteiger partial charge on any atom is -0.449 e. The quantitative estimate of drug-likeness (QED) is 0.384. The first kappa shape index (κ1) is 23.7. The Labute approximate surface area is 198 Å². The van der Waals surface area contributed by atoms with Crippen LogP contribution in [0.25, 0.3) is 11.1 Å². The van der Waals surface area contributed by atoms with Crippen molar-refractivity contribution in [3.63, 3.8) is 0 Å². The number of imide groups is 1. The minimum absolute atomic E-state index is 0.0412. The lowest BCUT2D eigenvalue weighted by Crippen LogP contribution is -2.33. The number of nitrogens with one attached hydrogen (secondary N) is 1. The van der Waals surface area contributed by atoms with Crippen LogP contribution in [0, 0.1) is 0 Å². The van der Waals surface area contributed by atoms with E-state index in [1.54, 1.807) is 0 Å². The smallest absolute Gasteiger partial charge is 0.407 e. The van der Waals surface area contributed by atoms with E-state index in [9.17, 15) is 14.4 Å². The molecule has 8 nitrogen and oxygen atoms in total.